The fourth-order valence-corrected chi connectivity index (χ4v) is 5.29. The Balaban J connectivity index is 1.66. The minimum atomic E-state index is -0.887. The van der Waals surface area contributed by atoms with Crippen molar-refractivity contribution in [3.8, 4) is 5.75 Å². The normalized spacial score (nSPS) is 14.5. The molecule has 0 saturated carbocycles. The highest BCUT2D eigenvalue weighted by atomic mass is 79.9. The number of nitrogens with one attached hydrogen (secondary N) is 2. The van der Waals surface area contributed by atoms with Crippen molar-refractivity contribution in [1.82, 2.24) is 5.32 Å². The lowest BCUT2D eigenvalue weighted by atomic mass is 10.0. The number of nitrogens with zero attached hydrogens (tertiary/aromatic N) is 1. The first-order chi connectivity index (χ1) is 18.1. The number of urea groups is 1. The molecule has 0 bridgehead atoms. The highest BCUT2D eigenvalue weighted by molar-refractivity contribution is 9.11. The molecule has 1 saturated heterocycles. The van der Waals surface area contributed by atoms with Crippen LogP contribution in [0.3, 0.4) is 0 Å². The molecule has 1 aliphatic heterocycles. The van der Waals surface area contributed by atoms with Gasteiger partial charge in [-0.05, 0) is 77.3 Å². The molecule has 0 spiro atoms. The van der Waals surface area contributed by atoms with Crippen molar-refractivity contribution in [1.29, 1.82) is 0 Å². The zero-order valence-electron chi connectivity index (χ0n) is 20.1. The van der Waals surface area contributed by atoms with E-state index in [9.17, 15) is 19.2 Å². The number of para-hydroxylation sites is 1. The lowest BCUT2D eigenvalue weighted by Crippen LogP contribution is -2.54. The molecule has 1 heterocycles. The Morgan fingerprint density at radius 1 is 1.08 bits per heavy atom. The molecule has 38 heavy (non-hydrogen) atoms. The van der Waals surface area contributed by atoms with Crippen molar-refractivity contribution in [3.05, 3.63) is 90.8 Å². The molecule has 194 valence electrons. The summed E-state index contributed by atoms with van der Waals surface area (Å²) in [6, 6.07) is 14.6. The zero-order chi connectivity index (χ0) is 27.6. The maximum absolute atomic E-state index is 13.4. The van der Waals surface area contributed by atoms with E-state index in [4.69, 9.17) is 16.3 Å². The van der Waals surface area contributed by atoms with Crippen LogP contribution in [0.1, 0.15) is 16.7 Å². The largest absolute Gasteiger partial charge is 0.482 e. The molecule has 1 aliphatic rings. The number of ether oxygens (including phenoxy) is 1. The standard InChI is InChI=1S/C27H20Br2ClN3O5/c1-14-6-3-4-8-21(14)31-23(34)13-38-24-16(10-17(28)12-19(24)29)11-18-25(35)32-27(37)33(26(18)36)22-9-5-7-20(30)15(22)2/h3-12H,13H2,1-2H3,(H,31,34)(H,32,35,37)/b18-11-. The van der Waals surface area contributed by atoms with Crippen LogP contribution in [0.15, 0.2) is 69.1 Å². The topological polar surface area (TPSA) is 105 Å². The van der Waals surface area contributed by atoms with Crippen LogP contribution in [0.25, 0.3) is 6.08 Å². The third-order valence-electron chi connectivity index (χ3n) is 5.69. The van der Waals surface area contributed by atoms with Gasteiger partial charge in [0.25, 0.3) is 17.7 Å². The van der Waals surface area contributed by atoms with E-state index < -0.39 is 23.8 Å². The highest BCUT2D eigenvalue weighted by Gasteiger charge is 2.38. The number of hydrogen-bond acceptors (Lipinski definition) is 5. The quantitative estimate of drug-likeness (QED) is 0.243. The molecule has 0 unspecified atom stereocenters. The van der Waals surface area contributed by atoms with Crippen LogP contribution in [0.4, 0.5) is 16.2 Å². The van der Waals surface area contributed by atoms with E-state index in [1.807, 2.05) is 25.1 Å². The highest BCUT2D eigenvalue weighted by Crippen LogP contribution is 2.36. The summed E-state index contributed by atoms with van der Waals surface area (Å²) in [5, 5.41) is 5.34. The number of aryl methyl sites for hydroxylation is 1. The van der Waals surface area contributed by atoms with Gasteiger partial charge in [-0.15, -0.1) is 0 Å². The summed E-state index contributed by atoms with van der Waals surface area (Å²) in [4.78, 5) is 52.2. The van der Waals surface area contributed by atoms with Gasteiger partial charge in [0.1, 0.15) is 11.3 Å². The van der Waals surface area contributed by atoms with Gasteiger partial charge < -0.3 is 10.1 Å². The van der Waals surface area contributed by atoms with E-state index in [1.54, 1.807) is 43.3 Å². The lowest BCUT2D eigenvalue weighted by Gasteiger charge is -2.28. The van der Waals surface area contributed by atoms with Crippen molar-refractivity contribution >= 4 is 84.7 Å². The van der Waals surface area contributed by atoms with Crippen molar-refractivity contribution < 1.29 is 23.9 Å². The van der Waals surface area contributed by atoms with Gasteiger partial charge in [-0.1, -0.05) is 51.8 Å². The number of barbiturate groups is 1. The molecule has 8 nitrogen and oxygen atoms in total. The van der Waals surface area contributed by atoms with Crippen LogP contribution in [0, 0.1) is 13.8 Å². The van der Waals surface area contributed by atoms with Gasteiger partial charge in [0.15, 0.2) is 6.61 Å². The van der Waals surface area contributed by atoms with E-state index in [-0.39, 0.29) is 23.6 Å². The Morgan fingerprint density at radius 3 is 2.55 bits per heavy atom. The average Bonchev–Trinajstić information content (AvgIpc) is 2.85. The maximum atomic E-state index is 13.4. The minimum absolute atomic E-state index is 0.226. The Kier molecular flexibility index (Phi) is 8.35. The fraction of sp³-hybridized carbons (Fsp3) is 0.111. The molecular formula is C27H20Br2ClN3O5. The molecule has 1 fully saturated rings. The number of rotatable bonds is 6. The van der Waals surface area contributed by atoms with E-state index in [0.717, 1.165) is 10.5 Å². The fourth-order valence-electron chi connectivity index (χ4n) is 3.75. The van der Waals surface area contributed by atoms with E-state index in [2.05, 4.69) is 42.5 Å². The summed E-state index contributed by atoms with van der Waals surface area (Å²) in [6.45, 7) is 3.20. The van der Waals surface area contributed by atoms with Crippen LogP contribution in [0.5, 0.6) is 5.75 Å². The van der Waals surface area contributed by atoms with Gasteiger partial charge in [-0.25, -0.2) is 9.69 Å². The molecule has 3 aromatic carbocycles. The Morgan fingerprint density at radius 2 is 1.82 bits per heavy atom. The van der Waals surface area contributed by atoms with Crippen molar-refractivity contribution in [3.63, 3.8) is 0 Å². The average molecular weight is 662 g/mol. The van der Waals surface area contributed by atoms with Gasteiger partial charge in [0.05, 0.1) is 10.2 Å². The van der Waals surface area contributed by atoms with Gasteiger partial charge >= 0.3 is 6.03 Å². The third kappa shape index (κ3) is 5.82. The van der Waals surface area contributed by atoms with Crippen LogP contribution in [-0.4, -0.2) is 30.4 Å². The van der Waals surface area contributed by atoms with Crippen LogP contribution in [-0.2, 0) is 14.4 Å². The minimum Gasteiger partial charge on any atom is -0.482 e. The molecule has 0 aliphatic carbocycles. The Labute approximate surface area is 240 Å². The number of amides is 5. The summed E-state index contributed by atoms with van der Waals surface area (Å²) < 4.78 is 6.91. The van der Waals surface area contributed by atoms with Crippen LogP contribution < -0.4 is 20.3 Å². The summed E-state index contributed by atoms with van der Waals surface area (Å²) in [7, 11) is 0. The van der Waals surface area contributed by atoms with Crippen LogP contribution in [0.2, 0.25) is 5.02 Å². The van der Waals surface area contributed by atoms with E-state index in [1.165, 1.54) is 6.08 Å². The molecule has 0 aromatic heterocycles. The summed E-state index contributed by atoms with van der Waals surface area (Å²) in [6.07, 6.45) is 1.31. The predicted octanol–water partition coefficient (Wildman–Crippen LogP) is 6.17. The van der Waals surface area contributed by atoms with Crippen molar-refractivity contribution in [2.75, 3.05) is 16.8 Å². The second-order valence-electron chi connectivity index (χ2n) is 8.30. The third-order valence-corrected chi connectivity index (χ3v) is 7.14. The number of hydrogen-bond donors (Lipinski definition) is 2. The second-order valence-corrected chi connectivity index (χ2v) is 10.5. The number of halogens is 3. The smallest absolute Gasteiger partial charge is 0.335 e. The van der Waals surface area contributed by atoms with Gasteiger partial charge in [0, 0.05) is 20.7 Å². The summed E-state index contributed by atoms with van der Waals surface area (Å²) in [5.41, 5.74) is 2.32. The molecule has 0 radical (unpaired) electrons. The Bertz CT molecular complexity index is 1520. The predicted molar refractivity (Wildman–Crippen MR) is 152 cm³/mol. The van der Waals surface area contributed by atoms with E-state index >= 15 is 0 Å². The second kappa shape index (κ2) is 11.5. The molecule has 2 N–H and O–H groups in total. The van der Waals surface area contributed by atoms with Crippen molar-refractivity contribution in [2.24, 2.45) is 0 Å². The number of benzene rings is 3. The Hall–Kier alpha value is -3.47. The molecule has 3 aromatic rings. The summed E-state index contributed by atoms with van der Waals surface area (Å²) in [5.74, 6) is -1.87. The number of carbonyl (C=O) groups excluding carboxylic acids is 4. The number of carbonyl (C=O) groups is 4. The van der Waals surface area contributed by atoms with Gasteiger partial charge in [-0.3, -0.25) is 19.7 Å². The first-order valence-corrected chi connectivity index (χ1v) is 13.2. The molecule has 4 rings (SSSR count). The molecule has 5 amide bonds. The van der Waals surface area contributed by atoms with Gasteiger partial charge in [-0.2, -0.15) is 0 Å². The number of imide groups is 2. The molecular weight excluding hydrogens is 642 g/mol. The summed E-state index contributed by atoms with van der Waals surface area (Å²) >= 11 is 13.0. The van der Waals surface area contributed by atoms with Gasteiger partial charge in [0.2, 0.25) is 0 Å². The maximum Gasteiger partial charge on any atom is 0.335 e. The molecule has 11 heteroatoms. The first-order valence-electron chi connectivity index (χ1n) is 11.2. The molecule has 0 atom stereocenters. The number of anilines is 2. The first kappa shape index (κ1) is 27.6. The van der Waals surface area contributed by atoms with E-state index in [0.29, 0.717) is 30.8 Å². The SMILES string of the molecule is Cc1ccccc1NC(=O)COc1c(Br)cc(Br)cc1/C=C1/C(=O)NC(=O)N(c2cccc(Cl)c2C)C1=O. The zero-order valence-corrected chi connectivity index (χ0v) is 24.0. The van der Waals surface area contributed by atoms with Crippen LogP contribution >= 0.6 is 43.5 Å². The monoisotopic (exact) mass is 659 g/mol. The lowest BCUT2D eigenvalue weighted by molar-refractivity contribution is -0.122. The van der Waals surface area contributed by atoms with Crippen molar-refractivity contribution in [2.45, 2.75) is 13.8 Å².